The largest absolute Gasteiger partial charge is 0.330 e. The first kappa shape index (κ1) is 16.9. The number of halogens is 2. The van der Waals surface area contributed by atoms with Crippen molar-refractivity contribution in [2.45, 2.75) is 38.5 Å². The molecule has 0 radical (unpaired) electrons. The van der Waals surface area contributed by atoms with Crippen LogP contribution in [-0.2, 0) is 0 Å². The van der Waals surface area contributed by atoms with Crippen molar-refractivity contribution in [2.24, 2.45) is 5.73 Å². The lowest BCUT2D eigenvalue weighted by Gasteiger charge is -2.18. The number of nitrogens with zero attached hydrogens (tertiary/aromatic N) is 1. The van der Waals surface area contributed by atoms with Gasteiger partial charge in [0.2, 0.25) is 0 Å². The topological polar surface area (TPSA) is 29.3 Å². The van der Waals surface area contributed by atoms with E-state index in [1.165, 1.54) is 58.2 Å². The Balaban J connectivity index is 0. The minimum absolute atomic E-state index is 0. The summed E-state index contributed by atoms with van der Waals surface area (Å²) < 4.78 is 0. The van der Waals surface area contributed by atoms with Crippen LogP contribution in [0.1, 0.15) is 38.5 Å². The normalized spacial score (nSPS) is 17.8. The molecule has 0 aromatic carbocycles. The first-order chi connectivity index (χ1) is 5.93. The van der Waals surface area contributed by atoms with Crippen LogP contribution in [0.5, 0.6) is 0 Å². The number of nitrogens with two attached hydrogens (primary N) is 1. The van der Waals surface area contributed by atoms with Crippen molar-refractivity contribution in [3.8, 4) is 0 Å². The van der Waals surface area contributed by atoms with Crippen LogP contribution in [-0.4, -0.2) is 31.1 Å². The Morgan fingerprint density at radius 2 is 1.43 bits per heavy atom. The zero-order valence-electron chi connectivity index (χ0n) is 8.91. The molecule has 0 saturated carbocycles. The Morgan fingerprint density at radius 3 is 1.93 bits per heavy atom. The average molecular weight is 243 g/mol. The van der Waals surface area contributed by atoms with Crippen molar-refractivity contribution in [2.75, 3.05) is 26.2 Å². The van der Waals surface area contributed by atoms with Crippen molar-refractivity contribution in [3.63, 3.8) is 0 Å². The molecule has 1 aliphatic heterocycles. The Hall–Kier alpha value is 0.500. The van der Waals surface area contributed by atoms with Gasteiger partial charge >= 0.3 is 0 Å². The molecule has 2 N–H and O–H groups in total. The third-order valence-corrected chi connectivity index (χ3v) is 2.63. The van der Waals surface area contributed by atoms with Crippen LogP contribution in [0.25, 0.3) is 0 Å². The van der Waals surface area contributed by atoms with Gasteiger partial charge in [0.05, 0.1) is 0 Å². The predicted molar refractivity (Wildman–Crippen MR) is 67.7 cm³/mol. The van der Waals surface area contributed by atoms with Crippen LogP contribution in [0, 0.1) is 0 Å². The van der Waals surface area contributed by atoms with E-state index in [0.717, 1.165) is 6.54 Å². The molecule has 1 aliphatic rings. The SMILES string of the molecule is Cl.Cl.NCCCCN1CCCCCC1. The van der Waals surface area contributed by atoms with Crippen molar-refractivity contribution in [1.29, 1.82) is 0 Å². The van der Waals surface area contributed by atoms with E-state index in [-0.39, 0.29) is 24.8 Å². The number of hydrogen-bond donors (Lipinski definition) is 1. The first-order valence-corrected chi connectivity index (χ1v) is 5.36. The molecule has 1 fully saturated rings. The summed E-state index contributed by atoms with van der Waals surface area (Å²) in [4.78, 5) is 2.60. The highest BCUT2D eigenvalue weighted by molar-refractivity contribution is 5.85. The van der Waals surface area contributed by atoms with Crippen LogP contribution in [0.3, 0.4) is 0 Å². The molecule has 0 amide bonds. The van der Waals surface area contributed by atoms with Crippen molar-refractivity contribution >= 4 is 24.8 Å². The quantitative estimate of drug-likeness (QED) is 0.768. The second-order valence-electron chi connectivity index (χ2n) is 3.75. The van der Waals surface area contributed by atoms with Crippen LogP contribution >= 0.6 is 24.8 Å². The van der Waals surface area contributed by atoms with Crippen LogP contribution in [0.15, 0.2) is 0 Å². The smallest absolute Gasteiger partial charge is 0.00183 e. The molecule has 1 heterocycles. The molecule has 0 spiro atoms. The van der Waals surface area contributed by atoms with Gasteiger partial charge in [-0.3, -0.25) is 0 Å². The van der Waals surface area contributed by atoms with Crippen molar-refractivity contribution in [1.82, 2.24) is 4.90 Å². The van der Waals surface area contributed by atoms with Gasteiger partial charge in [-0.05, 0) is 51.9 Å². The minimum atomic E-state index is 0. The molecular formula is C10H24Cl2N2. The Kier molecular flexibility index (Phi) is 14.0. The number of likely N-dealkylation sites (tertiary alicyclic amines) is 1. The Bertz CT molecular complexity index is 104. The summed E-state index contributed by atoms with van der Waals surface area (Å²) in [6.07, 6.45) is 8.17. The Labute approximate surface area is 100 Å². The fraction of sp³-hybridized carbons (Fsp3) is 1.00. The van der Waals surface area contributed by atoms with Gasteiger partial charge in [0.25, 0.3) is 0 Å². The van der Waals surface area contributed by atoms with E-state index in [9.17, 15) is 0 Å². The number of hydrogen-bond acceptors (Lipinski definition) is 2. The number of unbranched alkanes of at least 4 members (excludes halogenated alkanes) is 1. The van der Waals surface area contributed by atoms with Gasteiger partial charge in [0.1, 0.15) is 0 Å². The van der Waals surface area contributed by atoms with Gasteiger partial charge in [0, 0.05) is 0 Å². The monoisotopic (exact) mass is 242 g/mol. The van der Waals surface area contributed by atoms with E-state index in [2.05, 4.69) is 4.90 Å². The van der Waals surface area contributed by atoms with Crippen LogP contribution < -0.4 is 5.73 Å². The lowest BCUT2D eigenvalue weighted by atomic mass is 10.2. The molecule has 0 bridgehead atoms. The zero-order valence-corrected chi connectivity index (χ0v) is 10.5. The summed E-state index contributed by atoms with van der Waals surface area (Å²) in [5.74, 6) is 0. The van der Waals surface area contributed by atoms with E-state index in [1.54, 1.807) is 0 Å². The van der Waals surface area contributed by atoms with E-state index >= 15 is 0 Å². The van der Waals surface area contributed by atoms with Gasteiger partial charge in [-0.2, -0.15) is 0 Å². The molecule has 2 nitrogen and oxygen atoms in total. The highest BCUT2D eigenvalue weighted by Crippen LogP contribution is 2.09. The van der Waals surface area contributed by atoms with Gasteiger partial charge in [-0.1, -0.05) is 12.8 Å². The highest BCUT2D eigenvalue weighted by Gasteiger charge is 2.07. The molecule has 14 heavy (non-hydrogen) atoms. The third-order valence-electron chi connectivity index (χ3n) is 2.63. The van der Waals surface area contributed by atoms with Crippen LogP contribution in [0.2, 0.25) is 0 Å². The summed E-state index contributed by atoms with van der Waals surface area (Å²) in [7, 11) is 0. The maximum absolute atomic E-state index is 5.46. The molecule has 0 aliphatic carbocycles. The molecule has 0 atom stereocenters. The maximum Gasteiger partial charge on any atom is -0.00183 e. The first-order valence-electron chi connectivity index (χ1n) is 5.36. The zero-order chi connectivity index (χ0) is 8.65. The van der Waals surface area contributed by atoms with Crippen LogP contribution in [0.4, 0.5) is 0 Å². The highest BCUT2D eigenvalue weighted by atomic mass is 35.5. The van der Waals surface area contributed by atoms with E-state index in [4.69, 9.17) is 5.73 Å². The summed E-state index contributed by atoms with van der Waals surface area (Å²) in [5.41, 5.74) is 5.46. The fourth-order valence-electron chi connectivity index (χ4n) is 1.84. The molecule has 0 aromatic rings. The maximum atomic E-state index is 5.46. The fourth-order valence-corrected chi connectivity index (χ4v) is 1.84. The van der Waals surface area contributed by atoms with Gasteiger partial charge < -0.3 is 10.6 Å². The number of rotatable bonds is 4. The second-order valence-corrected chi connectivity index (χ2v) is 3.75. The molecular weight excluding hydrogens is 219 g/mol. The predicted octanol–water partition coefficient (Wildman–Crippen LogP) is 2.44. The summed E-state index contributed by atoms with van der Waals surface area (Å²) >= 11 is 0. The molecule has 4 heteroatoms. The lowest BCUT2D eigenvalue weighted by Crippen LogP contribution is -2.26. The molecule has 0 unspecified atom stereocenters. The summed E-state index contributed by atoms with van der Waals surface area (Å²) in [5, 5.41) is 0. The summed E-state index contributed by atoms with van der Waals surface area (Å²) in [6.45, 7) is 4.78. The van der Waals surface area contributed by atoms with Crippen molar-refractivity contribution in [3.05, 3.63) is 0 Å². The third kappa shape index (κ3) is 7.86. The van der Waals surface area contributed by atoms with Gasteiger partial charge in [0.15, 0.2) is 0 Å². The molecule has 88 valence electrons. The van der Waals surface area contributed by atoms with Crippen molar-refractivity contribution < 1.29 is 0 Å². The van der Waals surface area contributed by atoms with E-state index in [0.29, 0.717) is 0 Å². The minimum Gasteiger partial charge on any atom is -0.330 e. The van der Waals surface area contributed by atoms with Gasteiger partial charge in [-0.25, -0.2) is 0 Å². The molecule has 0 aromatic heterocycles. The molecule has 1 rings (SSSR count). The lowest BCUT2D eigenvalue weighted by molar-refractivity contribution is 0.279. The average Bonchev–Trinajstić information content (AvgIpc) is 2.33. The van der Waals surface area contributed by atoms with E-state index < -0.39 is 0 Å². The molecule has 1 saturated heterocycles. The summed E-state index contributed by atoms with van der Waals surface area (Å²) in [6, 6.07) is 0. The Morgan fingerprint density at radius 1 is 0.857 bits per heavy atom. The van der Waals surface area contributed by atoms with Gasteiger partial charge in [-0.15, -0.1) is 24.8 Å². The van der Waals surface area contributed by atoms with E-state index in [1.807, 2.05) is 0 Å². The standard InChI is InChI=1S/C10H22N2.2ClH/c11-7-3-6-10-12-8-4-1-2-5-9-12;;/h1-11H2;2*1H. The second kappa shape index (κ2) is 11.6.